The predicted octanol–water partition coefficient (Wildman–Crippen LogP) is 2.37. The molecular formula is C20H20FN7O2. The van der Waals surface area contributed by atoms with Gasteiger partial charge >= 0.3 is 0 Å². The third kappa shape index (κ3) is 4.28. The molecule has 4 N–H and O–H groups in total. The van der Waals surface area contributed by atoms with E-state index in [1.54, 1.807) is 24.4 Å². The topological polar surface area (TPSA) is 135 Å². The molecule has 30 heavy (non-hydrogen) atoms. The van der Waals surface area contributed by atoms with E-state index in [2.05, 4.69) is 25.3 Å². The number of rotatable bonds is 5. The summed E-state index contributed by atoms with van der Waals surface area (Å²) < 4.78 is 24.9. The Labute approximate surface area is 172 Å². The van der Waals surface area contributed by atoms with Crippen LogP contribution in [-0.2, 0) is 9.47 Å². The van der Waals surface area contributed by atoms with Crippen molar-refractivity contribution in [1.29, 1.82) is 5.26 Å². The lowest BCUT2D eigenvalue weighted by atomic mass is 10.1. The average Bonchev–Trinajstić information content (AvgIpc) is 3.18. The molecule has 0 atom stereocenters. The number of ether oxygens (including phenoxy) is 2. The van der Waals surface area contributed by atoms with Crippen LogP contribution in [0.15, 0.2) is 36.5 Å². The minimum absolute atomic E-state index is 0.0735. The Hall–Kier alpha value is -3.39. The molecule has 9 nitrogen and oxygen atoms in total. The number of nitrogens with one attached hydrogen (secondary N) is 2. The lowest BCUT2D eigenvalue weighted by molar-refractivity contribution is -0.211. The number of imidazole rings is 1. The van der Waals surface area contributed by atoms with Gasteiger partial charge in [0, 0.05) is 11.8 Å². The second-order valence-corrected chi connectivity index (χ2v) is 7.24. The van der Waals surface area contributed by atoms with Crippen molar-refractivity contribution in [3.63, 3.8) is 0 Å². The first-order valence-corrected chi connectivity index (χ1v) is 9.27. The maximum absolute atomic E-state index is 13.4. The van der Waals surface area contributed by atoms with Crippen LogP contribution in [0.25, 0.3) is 22.6 Å². The van der Waals surface area contributed by atoms with Crippen LogP contribution in [0.1, 0.15) is 19.0 Å². The van der Waals surface area contributed by atoms with E-state index in [-0.39, 0.29) is 12.4 Å². The molecule has 3 aromatic rings. The first-order valence-electron chi connectivity index (χ1n) is 9.27. The summed E-state index contributed by atoms with van der Waals surface area (Å²) in [4.78, 5) is 16.4. The standard InChI is InChI=1S/C20H20FN7O2/c1-20(23)10-29-18(30-11-20)17-27-15(12-2-4-13(21)5-3-12)16(28-17)14-6-8-24-19(26-14)25-9-7-22/h2-6,8,18H,9-11,23H2,1H3,(H,27,28)(H,24,25,26). The first-order chi connectivity index (χ1) is 14.4. The zero-order valence-corrected chi connectivity index (χ0v) is 16.2. The molecule has 0 spiro atoms. The van der Waals surface area contributed by atoms with Gasteiger partial charge in [-0.15, -0.1) is 0 Å². The van der Waals surface area contributed by atoms with Crippen LogP contribution in [0.4, 0.5) is 10.3 Å². The minimum atomic E-state index is -0.715. The van der Waals surface area contributed by atoms with Crippen LogP contribution in [-0.4, -0.2) is 45.2 Å². The molecule has 0 bridgehead atoms. The van der Waals surface area contributed by atoms with E-state index in [1.807, 2.05) is 13.0 Å². The first kappa shape index (κ1) is 19.9. The number of nitrogens with zero attached hydrogens (tertiary/aromatic N) is 4. The molecule has 1 saturated heterocycles. The van der Waals surface area contributed by atoms with E-state index in [9.17, 15) is 4.39 Å². The van der Waals surface area contributed by atoms with Gasteiger partial charge in [-0.1, -0.05) is 0 Å². The van der Waals surface area contributed by atoms with Crippen LogP contribution in [0.5, 0.6) is 0 Å². The third-order valence-corrected chi connectivity index (χ3v) is 4.43. The molecule has 0 aliphatic carbocycles. The Kier molecular flexibility index (Phi) is 5.41. The zero-order chi connectivity index (χ0) is 21.1. The van der Waals surface area contributed by atoms with E-state index in [0.717, 1.165) is 0 Å². The number of anilines is 1. The van der Waals surface area contributed by atoms with Gasteiger partial charge in [-0.3, -0.25) is 0 Å². The highest BCUT2D eigenvalue weighted by Crippen LogP contribution is 2.33. The van der Waals surface area contributed by atoms with Crippen LogP contribution in [0, 0.1) is 17.1 Å². The van der Waals surface area contributed by atoms with Gasteiger partial charge in [0.1, 0.15) is 12.4 Å². The fourth-order valence-corrected chi connectivity index (χ4v) is 2.99. The lowest BCUT2D eigenvalue weighted by Crippen LogP contribution is -2.50. The van der Waals surface area contributed by atoms with Crippen molar-refractivity contribution in [2.75, 3.05) is 25.1 Å². The van der Waals surface area contributed by atoms with Gasteiger partial charge in [-0.25, -0.2) is 19.3 Å². The largest absolute Gasteiger partial charge is 0.344 e. The summed E-state index contributed by atoms with van der Waals surface area (Å²) in [6, 6.07) is 9.68. The zero-order valence-electron chi connectivity index (χ0n) is 16.2. The molecule has 0 amide bonds. The van der Waals surface area contributed by atoms with E-state index >= 15 is 0 Å². The Morgan fingerprint density at radius 1 is 1.27 bits per heavy atom. The number of hydrogen-bond donors (Lipinski definition) is 3. The van der Waals surface area contributed by atoms with E-state index in [0.29, 0.717) is 47.6 Å². The second kappa shape index (κ2) is 8.16. The molecule has 0 radical (unpaired) electrons. The highest BCUT2D eigenvalue weighted by molar-refractivity contribution is 5.77. The summed E-state index contributed by atoms with van der Waals surface area (Å²) in [6.07, 6.45) is 0.859. The Morgan fingerprint density at radius 2 is 2.00 bits per heavy atom. The highest BCUT2D eigenvalue weighted by atomic mass is 19.1. The molecule has 1 aromatic carbocycles. The van der Waals surface area contributed by atoms with Crippen molar-refractivity contribution < 1.29 is 13.9 Å². The SMILES string of the molecule is CC1(N)COC(c2nc(-c3ccc(F)cc3)c(-c3ccnc(NCC#N)n3)[nH]2)OC1. The summed E-state index contributed by atoms with van der Waals surface area (Å²) in [6.45, 7) is 2.55. The summed E-state index contributed by atoms with van der Waals surface area (Å²) in [5.74, 6) is 0.409. The molecule has 3 heterocycles. The summed E-state index contributed by atoms with van der Waals surface area (Å²) in [5.41, 5.74) is 7.86. The number of H-pyrrole nitrogens is 1. The van der Waals surface area contributed by atoms with Gasteiger partial charge in [0.05, 0.1) is 41.9 Å². The van der Waals surface area contributed by atoms with Crippen molar-refractivity contribution in [3.8, 4) is 28.7 Å². The van der Waals surface area contributed by atoms with Crippen LogP contribution in [0.2, 0.25) is 0 Å². The normalized spacial score (nSPS) is 21.2. The van der Waals surface area contributed by atoms with Crippen molar-refractivity contribution >= 4 is 5.95 Å². The molecule has 4 rings (SSSR count). The molecule has 0 saturated carbocycles. The van der Waals surface area contributed by atoms with Gasteiger partial charge < -0.3 is 25.5 Å². The number of hydrogen-bond acceptors (Lipinski definition) is 8. The quantitative estimate of drug-likeness (QED) is 0.547. The van der Waals surface area contributed by atoms with Crippen molar-refractivity contribution in [1.82, 2.24) is 19.9 Å². The van der Waals surface area contributed by atoms with E-state index < -0.39 is 11.8 Å². The van der Waals surface area contributed by atoms with Gasteiger partial charge in [0.25, 0.3) is 0 Å². The van der Waals surface area contributed by atoms with E-state index in [1.165, 1.54) is 12.1 Å². The number of nitrogens with two attached hydrogens (primary N) is 1. The number of aromatic nitrogens is 4. The monoisotopic (exact) mass is 409 g/mol. The Bertz CT molecular complexity index is 1070. The summed E-state index contributed by atoms with van der Waals surface area (Å²) in [5, 5.41) is 11.6. The van der Waals surface area contributed by atoms with Gasteiger partial charge in [0.15, 0.2) is 5.82 Å². The van der Waals surface area contributed by atoms with Crippen molar-refractivity contribution in [3.05, 3.63) is 48.2 Å². The number of nitriles is 1. The molecule has 0 unspecified atom stereocenters. The van der Waals surface area contributed by atoms with Crippen LogP contribution >= 0.6 is 0 Å². The smallest absolute Gasteiger partial charge is 0.224 e. The number of benzene rings is 1. The Morgan fingerprint density at radius 3 is 2.70 bits per heavy atom. The van der Waals surface area contributed by atoms with Crippen molar-refractivity contribution in [2.45, 2.75) is 18.8 Å². The molecular weight excluding hydrogens is 389 g/mol. The summed E-state index contributed by atoms with van der Waals surface area (Å²) >= 11 is 0. The minimum Gasteiger partial charge on any atom is -0.344 e. The average molecular weight is 409 g/mol. The molecule has 10 heteroatoms. The van der Waals surface area contributed by atoms with Gasteiger partial charge in [0.2, 0.25) is 12.2 Å². The molecule has 154 valence electrons. The van der Waals surface area contributed by atoms with Crippen LogP contribution < -0.4 is 11.1 Å². The van der Waals surface area contributed by atoms with Gasteiger partial charge in [-0.05, 0) is 37.3 Å². The Balaban J connectivity index is 1.74. The number of halogens is 1. The summed E-state index contributed by atoms with van der Waals surface area (Å²) in [7, 11) is 0. The maximum atomic E-state index is 13.4. The van der Waals surface area contributed by atoms with Crippen molar-refractivity contribution in [2.24, 2.45) is 5.73 Å². The maximum Gasteiger partial charge on any atom is 0.224 e. The molecule has 1 fully saturated rings. The van der Waals surface area contributed by atoms with E-state index in [4.69, 9.17) is 20.5 Å². The predicted molar refractivity (Wildman–Crippen MR) is 106 cm³/mol. The number of aromatic amines is 1. The highest BCUT2D eigenvalue weighted by Gasteiger charge is 2.32. The third-order valence-electron chi connectivity index (χ3n) is 4.43. The molecule has 2 aromatic heterocycles. The lowest BCUT2D eigenvalue weighted by Gasteiger charge is -2.33. The molecule has 1 aliphatic rings. The van der Waals surface area contributed by atoms with Crippen LogP contribution in [0.3, 0.4) is 0 Å². The fourth-order valence-electron chi connectivity index (χ4n) is 2.99. The molecule has 1 aliphatic heterocycles. The van der Waals surface area contributed by atoms with Gasteiger partial charge in [-0.2, -0.15) is 5.26 Å². The fraction of sp³-hybridized carbons (Fsp3) is 0.300. The second-order valence-electron chi connectivity index (χ2n) is 7.24.